The first-order valence-corrected chi connectivity index (χ1v) is 6.18. The van der Waals surface area contributed by atoms with Crippen LogP contribution in [0.2, 0.25) is 0 Å². The fourth-order valence-electron chi connectivity index (χ4n) is 3.34. The number of benzene rings is 1. The van der Waals surface area contributed by atoms with Crippen LogP contribution in [0.5, 0.6) is 0 Å². The van der Waals surface area contributed by atoms with E-state index in [9.17, 15) is 4.79 Å². The molecule has 3 aliphatic rings. The summed E-state index contributed by atoms with van der Waals surface area (Å²) < 4.78 is 5.40. The van der Waals surface area contributed by atoms with Gasteiger partial charge >= 0.3 is 5.30 Å². The highest BCUT2D eigenvalue weighted by Gasteiger charge is 2.57. The zero-order valence-electron chi connectivity index (χ0n) is 8.05. The van der Waals surface area contributed by atoms with Gasteiger partial charge in [0.25, 0.3) is 0 Å². The number of ether oxygens (including phenoxy) is 1. The Bertz CT molecular complexity index is 418. The fourth-order valence-corrected chi connectivity index (χ4v) is 4.53. The molecule has 2 fully saturated rings. The van der Waals surface area contributed by atoms with E-state index >= 15 is 0 Å². The first kappa shape index (κ1) is 8.22. The van der Waals surface area contributed by atoms with Crippen LogP contribution in [0.15, 0.2) is 24.3 Å². The predicted octanol–water partition coefficient (Wildman–Crippen LogP) is 2.89. The van der Waals surface area contributed by atoms with E-state index in [1.165, 1.54) is 29.3 Å². The van der Waals surface area contributed by atoms with Crippen LogP contribution in [-0.4, -0.2) is 16.7 Å². The maximum atomic E-state index is 11.3. The van der Waals surface area contributed by atoms with Crippen LogP contribution >= 0.6 is 11.8 Å². The minimum Gasteiger partial charge on any atom is -0.452 e. The normalized spacial score (nSPS) is 40.1. The quantitative estimate of drug-likeness (QED) is 0.626. The van der Waals surface area contributed by atoms with Crippen molar-refractivity contribution in [2.75, 3.05) is 0 Å². The number of rotatable bonds is 0. The average molecular weight is 218 g/mol. The van der Waals surface area contributed by atoms with Gasteiger partial charge in [0, 0.05) is 11.8 Å². The molecular formula is C12H10O2S. The van der Waals surface area contributed by atoms with Crippen LogP contribution in [0, 0.1) is 0 Å². The molecule has 0 spiro atoms. The van der Waals surface area contributed by atoms with E-state index in [0.29, 0.717) is 17.1 Å². The highest BCUT2D eigenvalue weighted by atomic mass is 32.2. The molecule has 1 aromatic carbocycles. The van der Waals surface area contributed by atoms with E-state index in [-0.39, 0.29) is 11.4 Å². The number of hydrogen-bond acceptors (Lipinski definition) is 3. The van der Waals surface area contributed by atoms with E-state index in [1.54, 1.807) is 0 Å². The van der Waals surface area contributed by atoms with Crippen LogP contribution in [0.1, 0.15) is 29.4 Å². The molecule has 4 atom stereocenters. The molecular weight excluding hydrogens is 208 g/mol. The summed E-state index contributed by atoms with van der Waals surface area (Å²) in [4.78, 5) is 11.3. The Morgan fingerprint density at radius 1 is 1.20 bits per heavy atom. The van der Waals surface area contributed by atoms with E-state index in [2.05, 4.69) is 24.3 Å². The smallest absolute Gasteiger partial charge is 0.368 e. The number of thioether (sulfide) groups is 1. The van der Waals surface area contributed by atoms with E-state index in [1.807, 2.05) is 0 Å². The van der Waals surface area contributed by atoms with E-state index < -0.39 is 0 Å². The third-order valence-electron chi connectivity index (χ3n) is 3.88. The molecule has 2 nitrogen and oxygen atoms in total. The second-order valence-corrected chi connectivity index (χ2v) is 5.61. The Labute approximate surface area is 92.0 Å². The zero-order valence-corrected chi connectivity index (χ0v) is 8.87. The van der Waals surface area contributed by atoms with Gasteiger partial charge in [0.1, 0.15) is 6.10 Å². The average Bonchev–Trinajstić information content (AvgIpc) is 2.85. The molecule has 0 N–H and O–H groups in total. The molecule has 0 aromatic heterocycles. The molecule has 1 saturated heterocycles. The minimum absolute atomic E-state index is 0.0764. The Kier molecular flexibility index (Phi) is 1.42. The second kappa shape index (κ2) is 2.59. The van der Waals surface area contributed by atoms with Crippen LogP contribution in [0.25, 0.3) is 0 Å². The third-order valence-corrected chi connectivity index (χ3v) is 5.04. The lowest BCUT2D eigenvalue weighted by Crippen LogP contribution is -2.25. The predicted molar refractivity (Wildman–Crippen MR) is 58.2 cm³/mol. The maximum Gasteiger partial charge on any atom is 0.368 e. The van der Waals surface area contributed by atoms with Crippen LogP contribution < -0.4 is 0 Å². The van der Waals surface area contributed by atoms with Crippen molar-refractivity contribution in [3.63, 3.8) is 0 Å². The van der Waals surface area contributed by atoms with Gasteiger partial charge in [0.15, 0.2) is 0 Å². The molecule has 2 aliphatic carbocycles. The highest BCUT2D eigenvalue weighted by Crippen LogP contribution is 2.60. The monoisotopic (exact) mass is 218 g/mol. The van der Waals surface area contributed by atoms with Crippen molar-refractivity contribution < 1.29 is 9.53 Å². The van der Waals surface area contributed by atoms with Gasteiger partial charge in [-0.05, 0) is 29.3 Å². The molecule has 1 aliphatic heterocycles. The Hall–Kier alpha value is -0.960. The van der Waals surface area contributed by atoms with Gasteiger partial charge < -0.3 is 4.74 Å². The van der Waals surface area contributed by atoms with Gasteiger partial charge in [-0.1, -0.05) is 24.3 Å². The molecule has 4 rings (SSSR count). The third kappa shape index (κ3) is 0.899. The molecule has 0 amide bonds. The van der Waals surface area contributed by atoms with Crippen molar-refractivity contribution in [2.24, 2.45) is 0 Å². The summed E-state index contributed by atoms with van der Waals surface area (Å²) in [6.45, 7) is 0. The summed E-state index contributed by atoms with van der Waals surface area (Å²) in [5.41, 5.74) is 2.87. The summed E-state index contributed by atoms with van der Waals surface area (Å²) in [5.74, 6) is 1.02. The first-order valence-electron chi connectivity index (χ1n) is 5.30. The van der Waals surface area contributed by atoms with E-state index in [4.69, 9.17) is 4.74 Å². The second-order valence-electron chi connectivity index (χ2n) is 4.49. The Morgan fingerprint density at radius 3 is 2.73 bits per heavy atom. The molecule has 15 heavy (non-hydrogen) atoms. The van der Waals surface area contributed by atoms with Gasteiger partial charge in [-0.2, -0.15) is 0 Å². The Morgan fingerprint density at radius 2 is 1.93 bits per heavy atom. The molecule has 3 heteroatoms. The summed E-state index contributed by atoms with van der Waals surface area (Å²) >= 11 is 1.40. The summed E-state index contributed by atoms with van der Waals surface area (Å²) in [6, 6.07) is 8.57. The van der Waals surface area contributed by atoms with Crippen LogP contribution in [0.4, 0.5) is 4.79 Å². The van der Waals surface area contributed by atoms with Crippen LogP contribution in [-0.2, 0) is 4.74 Å². The minimum atomic E-state index is -0.0764. The largest absolute Gasteiger partial charge is 0.452 e. The zero-order chi connectivity index (χ0) is 9.99. The fraction of sp³-hybridized carbons (Fsp3) is 0.417. The van der Waals surface area contributed by atoms with Crippen LogP contribution in [0.3, 0.4) is 0 Å². The number of carbonyl (C=O) groups excluding carboxylic acids is 1. The number of carbonyl (C=O) groups is 1. The molecule has 1 saturated carbocycles. The first-order chi connectivity index (χ1) is 7.34. The highest BCUT2D eigenvalue weighted by molar-refractivity contribution is 8.14. The maximum absolute atomic E-state index is 11.3. The van der Waals surface area contributed by atoms with Gasteiger partial charge in [-0.3, -0.25) is 0 Å². The number of hydrogen-bond donors (Lipinski definition) is 0. The standard InChI is InChI=1S/C12H10O2S/c13-12-14-10-8-5-9(11(10)15-12)7-4-2-1-3-6(7)8/h1-4,8-11H,5H2/t8-,9+,10-,11+/m0/s1. The molecule has 0 unspecified atom stereocenters. The van der Waals surface area contributed by atoms with Gasteiger partial charge in [0.2, 0.25) is 0 Å². The van der Waals surface area contributed by atoms with Crippen molar-refractivity contribution in [1.29, 1.82) is 0 Å². The topological polar surface area (TPSA) is 26.3 Å². The summed E-state index contributed by atoms with van der Waals surface area (Å²) in [7, 11) is 0. The summed E-state index contributed by atoms with van der Waals surface area (Å²) in [5, 5.41) is 0.310. The lowest BCUT2D eigenvalue weighted by atomic mass is 9.89. The lowest BCUT2D eigenvalue weighted by Gasteiger charge is -2.23. The van der Waals surface area contributed by atoms with Gasteiger partial charge in [-0.15, -0.1) is 0 Å². The van der Waals surface area contributed by atoms with Crippen molar-refractivity contribution >= 4 is 17.1 Å². The molecule has 0 radical (unpaired) electrons. The van der Waals surface area contributed by atoms with Crippen molar-refractivity contribution in [3.05, 3.63) is 35.4 Å². The summed E-state index contributed by atoms with van der Waals surface area (Å²) in [6.07, 6.45) is 1.33. The van der Waals surface area contributed by atoms with Gasteiger partial charge in [0.05, 0.1) is 5.25 Å². The van der Waals surface area contributed by atoms with Crippen molar-refractivity contribution in [1.82, 2.24) is 0 Å². The van der Waals surface area contributed by atoms with Crippen molar-refractivity contribution in [2.45, 2.75) is 29.6 Å². The lowest BCUT2D eigenvalue weighted by molar-refractivity contribution is 0.127. The van der Waals surface area contributed by atoms with Gasteiger partial charge in [-0.25, -0.2) is 4.79 Å². The molecule has 1 heterocycles. The molecule has 76 valence electrons. The molecule has 1 aromatic rings. The SMILES string of the molecule is O=C1O[C@@H]2[C@H](S1)[C@@H]1C[C@H]2c2ccccc21. The number of fused-ring (bicyclic) bond motifs is 8. The Balaban J connectivity index is 1.86. The van der Waals surface area contributed by atoms with E-state index in [0.717, 1.165) is 0 Å². The van der Waals surface area contributed by atoms with Crippen molar-refractivity contribution in [3.8, 4) is 0 Å². The molecule has 2 bridgehead atoms.